The summed E-state index contributed by atoms with van der Waals surface area (Å²) in [5, 5.41) is 2.59. The summed E-state index contributed by atoms with van der Waals surface area (Å²) in [7, 11) is 1.60. The Labute approximate surface area is 175 Å². The van der Waals surface area contributed by atoms with Crippen molar-refractivity contribution in [1.29, 1.82) is 0 Å². The van der Waals surface area contributed by atoms with Gasteiger partial charge in [0, 0.05) is 51.5 Å². The van der Waals surface area contributed by atoms with E-state index in [1.54, 1.807) is 26.2 Å². The molecule has 0 atom stereocenters. The lowest BCUT2D eigenvalue weighted by atomic mass is 10.2. The van der Waals surface area contributed by atoms with Gasteiger partial charge in [-0.2, -0.15) is 0 Å². The number of aryl methyl sites for hydroxylation is 1. The van der Waals surface area contributed by atoms with Crippen LogP contribution >= 0.6 is 0 Å². The van der Waals surface area contributed by atoms with Gasteiger partial charge in [-0.15, -0.1) is 0 Å². The summed E-state index contributed by atoms with van der Waals surface area (Å²) in [6, 6.07) is 7.57. The van der Waals surface area contributed by atoms with Crippen molar-refractivity contribution in [2.45, 2.75) is 19.9 Å². The number of pyridine rings is 3. The van der Waals surface area contributed by atoms with Gasteiger partial charge in [0.05, 0.1) is 22.9 Å². The zero-order valence-electron chi connectivity index (χ0n) is 17.3. The fraction of sp³-hybridized carbons (Fsp3) is 0.364. The van der Waals surface area contributed by atoms with Crippen LogP contribution in [0.3, 0.4) is 0 Å². The lowest BCUT2D eigenvalue weighted by Crippen LogP contribution is -2.30. The molecule has 0 unspecified atom stereocenters. The number of anilines is 1. The minimum atomic E-state index is -0.177. The second-order valence-electron chi connectivity index (χ2n) is 7.66. The second kappa shape index (κ2) is 8.62. The third kappa shape index (κ3) is 4.33. The van der Waals surface area contributed by atoms with Crippen molar-refractivity contribution >= 4 is 22.6 Å². The fourth-order valence-corrected chi connectivity index (χ4v) is 3.79. The van der Waals surface area contributed by atoms with E-state index in [9.17, 15) is 9.59 Å². The number of carbonyl (C=O) groups is 1. The molecule has 8 nitrogen and oxygen atoms in total. The normalized spacial score (nSPS) is 15.2. The van der Waals surface area contributed by atoms with Gasteiger partial charge in [0.25, 0.3) is 11.5 Å². The molecule has 4 rings (SSSR count). The van der Waals surface area contributed by atoms with Crippen molar-refractivity contribution in [3.63, 3.8) is 0 Å². The van der Waals surface area contributed by atoms with Gasteiger partial charge in [-0.25, -0.2) is 4.98 Å². The average molecular weight is 406 g/mol. The highest BCUT2D eigenvalue weighted by Crippen LogP contribution is 2.18. The molecule has 1 saturated heterocycles. The van der Waals surface area contributed by atoms with Gasteiger partial charge in [-0.1, -0.05) is 0 Å². The molecule has 3 aromatic rings. The van der Waals surface area contributed by atoms with Crippen molar-refractivity contribution in [2.75, 3.05) is 38.1 Å². The van der Waals surface area contributed by atoms with Crippen molar-refractivity contribution in [3.8, 4) is 0 Å². The van der Waals surface area contributed by atoms with E-state index >= 15 is 0 Å². The summed E-state index contributed by atoms with van der Waals surface area (Å²) in [6.45, 7) is 6.32. The molecule has 8 heteroatoms. The lowest BCUT2D eigenvalue weighted by Gasteiger charge is -2.23. The van der Waals surface area contributed by atoms with Crippen LogP contribution in [0.5, 0.6) is 0 Å². The molecule has 0 aromatic carbocycles. The number of amides is 1. The van der Waals surface area contributed by atoms with Crippen molar-refractivity contribution in [1.82, 2.24) is 25.2 Å². The Morgan fingerprint density at radius 2 is 2.00 bits per heavy atom. The molecule has 0 radical (unpaired) electrons. The summed E-state index contributed by atoms with van der Waals surface area (Å²) in [4.78, 5) is 40.0. The van der Waals surface area contributed by atoms with E-state index in [1.165, 1.54) is 0 Å². The highest BCUT2D eigenvalue weighted by Gasteiger charge is 2.17. The molecule has 1 fully saturated rings. The van der Waals surface area contributed by atoms with Crippen LogP contribution in [0.4, 0.5) is 5.69 Å². The van der Waals surface area contributed by atoms with Gasteiger partial charge in [0.1, 0.15) is 5.69 Å². The van der Waals surface area contributed by atoms with E-state index in [-0.39, 0.29) is 11.5 Å². The van der Waals surface area contributed by atoms with Crippen LogP contribution in [-0.2, 0) is 6.54 Å². The summed E-state index contributed by atoms with van der Waals surface area (Å²) >= 11 is 0. The van der Waals surface area contributed by atoms with Crippen molar-refractivity contribution in [2.24, 2.45) is 0 Å². The summed E-state index contributed by atoms with van der Waals surface area (Å²) in [6.07, 6.45) is 4.70. The first kappa shape index (κ1) is 20.0. The highest BCUT2D eigenvalue weighted by atomic mass is 16.1. The summed E-state index contributed by atoms with van der Waals surface area (Å²) in [5.74, 6) is -0.177. The number of rotatable bonds is 4. The molecule has 1 aliphatic rings. The number of aromatic nitrogens is 3. The number of hydrogen-bond donors (Lipinski definition) is 2. The molecule has 2 N–H and O–H groups in total. The maximum atomic E-state index is 11.9. The van der Waals surface area contributed by atoms with Crippen LogP contribution in [0.15, 0.2) is 41.5 Å². The van der Waals surface area contributed by atoms with Crippen molar-refractivity contribution in [3.05, 3.63) is 63.8 Å². The van der Waals surface area contributed by atoms with Gasteiger partial charge in [-0.05, 0) is 43.2 Å². The first-order valence-electron chi connectivity index (χ1n) is 10.2. The van der Waals surface area contributed by atoms with Gasteiger partial charge in [0.2, 0.25) is 0 Å². The van der Waals surface area contributed by atoms with Crippen LogP contribution in [0.2, 0.25) is 0 Å². The van der Waals surface area contributed by atoms with E-state index in [1.807, 2.05) is 24.4 Å². The number of H-pyrrole nitrogens is 1. The smallest absolute Gasteiger partial charge is 0.269 e. The Morgan fingerprint density at radius 3 is 2.77 bits per heavy atom. The average Bonchev–Trinajstić information content (AvgIpc) is 3.00. The van der Waals surface area contributed by atoms with Crippen LogP contribution in [0.1, 0.15) is 28.0 Å². The number of nitrogens with one attached hydrogen (secondary N) is 2. The molecule has 3 aromatic heterocycles. The van der Waals surface area contributed by atoms with Crippen LogP contribution < -0.4 is 15.8 Å². The van der Waals surface area contributed by atoms with E-state index < -0.39 is 0 Å². The number of nitrogens with zero attached hydrogens (tertiary/aromatic N) is 4. The van der Waals surface area contributed by atoms with Crippen LogP contribution in [0.25, 0.3) is 11.0 Å². The lowest BCUT2D eigenvalue weighted by molar-refractivity contribution is 0.0958. The molecular weight excluding hydrogens is 380 g/mol. The Morgan fingerprint density at radius 1 is 1.13 bits per heavy atom. The van der Waals surface area contributed by atoms with Gasteiger partial charge < -0.3 is 15.2 Å². The predicted octanol–water partition coefficient (Wildman–Crippen LogP) is 1.70. The molecule has 0 spiro atoms. The number of carbonyl (C=O) groups excluding carboxylic acids is 1. The largest absolute Gasteiger partial charge is 0.369 e. The predicted molar refractivity (Wildman–Crippen MR) is 117 cm³/mol. The van der Waals surface area contributed by atoms with Crippen LogP contribution in [0, 0.1) is 6.92 Å². The standard InChI is InChI=1S/C22H26N6O2/c1-15-10-19-20(26-21(15)29)11-16(12-24-19)14-27-6-3-7-28(9-8-27)17-4-5-18(25-13-17)22(30)23-2/h4-5,10-13H,3,6-9,14H2,1-2H3,(H,23,30)(H,26,29). The van der Waals surface area contributed by atoms with Gasteiger partial charge >= 0.3 is 0 Å². The monoisotopic (exact) mass is 406 g/mol. The maximum absolute atomic E-state index is 11.9. The number of fused-ring (bicyclic) bond motifs is 1. The molecular formula is C22H26N6O2. The number of aromatic amines is 1. The second-order valence-corrected chi connectivity index (χ2v) is 7.66. The topological polar surface area (TPSA) is 94.2 Å². The Balaban J connectivity index is 1.42. The summed E-state index contributed by atoms with van der Waals surface area (Å²) < 4.78 is 0. The Bertz CT molecular complexity index is 1110. The molecule has 0 saturated carbocycles. The van der Waals surface area contributed by atoms with E-state index in [0.29, 0.717) is 11.3 Å². The minimum absolute atomic E-state index is 0.0667. The minimum Gasteiger partial charge on any atom is -0.369 e. The fourth-order valence-electron chi connectivity index (χ4n) is 3.79. The zero-order chi connectivity index (χ0) is 21.1. The Hall–Kier alpha value is -3.26. The van der Waals surface area contributed by atoms with E-state index in [2.05, 4.69) is 30.1 Å². The van der Waals surface area contributed by atoms with Crippen molar-refractivity contribution < 1.29 is 4.79 Å². The number of hydrogen-bond acceptors (Lipinski definition) is 6. The highest BCUT2D eigenvalue weighted by molar-refractivity contribution is 5.92. The van der Waals surface area contributed by atoms with Gasteiger partial charge in [-0.3, -0.25) is 19.5 Å². The zero-order valence-corrected chi connectivity index (χ0v) is 17.3. The van der Waals surface area contributed by atoms with E-state index in [0.717, 1.165) is 61.4 Å². The first-order chi connectivity index (χ1) is 14.5. The molecule has 0 aliphatic carbocycles. The molecule has 1 amide bonds. The Kier molecular flexibility index (Phi) is 5.76. The molecule has 30 heavy (non-hydrogen) atoms. The first-order valence-corrected chi connectivity index (χ1v) is 10.2. The SMILES string of the molecule is CNC(=O)c1ccc(N2CCCN(Cc3cnc4cc(C)c(=O)[nH]c4c3)CC2)cn1. The third-order valence-electron chi connectivity index (χ3n) is 5.50. The molecule has 156 valence electrons. The van der Waals surface area contributed by atoms with Gasteiger partial charge in [0.15, 0.2) is 0 Å². The summed E-state index contributed by atoms with van der Waals surface area (Å²) in [5.41, 5.74) is 4.75. The van der Waals surface area contributed by atoms with E-state index in [4.69, 9.17) is 0 Å². The quantitative estimate of drug-likeness (QED) is 0.685. The molecule has 4 heterocycles. The maximum Gasteiger partial charge on any atom is 0.269 e. The third-order valence-corrected chi connectivity index (χ3v) is 5.50. The molecule has 0 bridgehead atoms. The molecule has 1 aliphatic heterocycles. The van der Waals surface area contributed by atoms with Crippen LogP contribution in [-0.4, -0.2) is 59.0 Å².